The van der Waals surface area contributed by atoms with Gasteiger partial charge in [-0.3, -0.25) is 4.99 Å². The van der Waals surface area contributed by atoms with E-state index < -0.39 is 12.8 Å². The van der Waals surface area contributed by atoms with Gasteiger partial charge in [-0.2, -0.15) is 13.2 Å². The molecule has 29 heavy (non-hydrogen) atoms. The minimum absolute atomic E-state index is 0. The van der Waals surface area contributed by atoms with E-state index in [1.807, 2.05) is 12.1 Å². The van der Waals surface area contributed by atoms with Crippen molar-refractivity contribution < 1.29 is 22.6 Å². The van der Waals surface area contributed by atoms with Crippen molar-refractivity contribution in [3.63, 3.8) is 0 Å². The zero-order valence-corrected chi connectivity index (χ0v) is 19.1. The summed E-state index contributed by atoms with van der Waals surface area (Å²) < 4.78 is 46.7. The second-order valence-electron chi connectivity index (χ2n) is 6.91. The van der Waals surface area contributed by atoms with Gasteiger partial charge in [0.25, 0.3) is 0 Å². The van der Waals surface area contributed by atoms with Gasteiger partial charge in [-0.05, 0) is 30.4 Å². The molecule has 0 aliphatic heterocycles. The van der Waals surface area contributed by atoms with Gasteiger partial charge in [0, 0.05) is 26.7 Å². The molecule has 0 spiro atoms. The SMILES string of the molecule is CN=C(NCCCOC1CCCC1)NCc1ccc(COCC(F)(F)F)cc1.I. The predicted octanol–water partition coefficient (Wildman–Crippen LogP) is 4.40. The summed E-state index contributed by atoms with van der Waals surface area (Å²) in [6.45, 7) is 0.819. The van der Waals surface area contributed by atoms with Crippen molar-refractivity contribution in [3.05, 3.63) is 35.4 Å². The van der Waals surface area contributed by atoms with Crippen LogP contribution in [0.1, 0.15) is 43.2 Å². The number of halogens is 4. The van der Waals surface area contributed by atoms with Crippen LogP contribution >= 0.6 is 24.0 Å². The fraction of sp³-hybridized carbons (Fsp3) is 0.650. The molecule has 166 valence electrons. The number of nitrogens with one attached hydrogen (secondary N) is 2. The summed E-state index contributed by atoms with van der Waals surface area (Å²) in [7, 11) is 1.71. The highest BCUT2D eigenvalue weighted by atomic mass is 127. The molecule has 0 atom stereocenters. The highest BCUT2D eigenvalue weighted by molar-refractivity contribution is 14.0. The molecule has 0 radical (unpaired) electrons. The van der Waals surface area contributed by atoms with Gasteiger partial charge in [0.2, 0.25) is 0 Å². The molecule has 1 fully saturated rings. The van der Waals surface area contributed by atoms with E-state index in [1.165, 1.54) is 25.7 Å². The number of aliphatic imine (C=N–C) groups is 1. The minimum atomic E-state index is -4.30. The third kappa shape index (κ3) is 11.6. The first-order chi connectivity index (χ1) is 13.5. The Bertz CT molecular complexity index is 592. The molecule has 5 nitrogen and oxygen atoms in total. The lowest BCUT2D eigenvalue weighted by atomic mass is 10.1. The fourth-order valence-electron chi connectivity index (χ4n) is 3.03. The number of benzene rings is 1. The van der Waals surface area contributed by atoms with Gasteiger partial charge >= 0.3 is 6.18 Å². The summed E-state index contributed by atoms with van der Waals surface area (Å²) in [5.74, 6) is 0.707. The Labute approximate surface area is 187 Å². The third-order valence-corrected chi connectivity index (χ3v) is 4.51. The van der Waals surface area contributed by atoms with Crippen molar-refractivity contribution in [1.82, 2.24) is 10.6 Å². The summed E-state index contributed by atoms with van der Waals surface area (Å²) in [5, 5.41) is 6.47. The molecule has 0 amide bonds. The average molecular weight is 529 g/mol. The van der Waals surface area contributed by atoms with Gasteiger partial charge in [0.05, 0.1) is 12.7 Å². The Morgan fingerprint density at radius 1 is 1.10 bits per heavy atom. The van der Waals surface area contributed by atoms with E-state index in [9.17, 15) is 13.2 Å². The van der Waals surface area contributed by atoms with Gasteiger partial charge < -0.3 is 20.1 Å². The molecule has 0 saturated heterocycles. The maximum atomic E-state index is 12.1. The van der Waals surface area contributed by atoms with Crippen molar-refractivity contribution >= 4 is 29.9 Å². The van der Waals surface area contributed by atoms with E-state index >= 15 is 0 Å². The first-order valence-corrected chi connectivity index (χ1v) is 9.75. The average Bonchev–Trinajstić information content (AvgIpc) is 3.17. The number of hydrogen-bond donors (Lipinski definition) is 2. The van der Waals surface area contributed by atoms with Gasteiger partial charge in [0.15, 0.2) is 5.96 Å². The maximum Gasteiger partial charge on any atom is 0.411 e. The zero-order chi connectivity index (χ0) is 20.2. The molecule has 0 unspecified atom stereocenters. The van der Waals surface area contributed by atoms with Gasteiger partial charge in [-0.15, -0.1) is 24.0 Å². The molecular weight excluding hydrogens is 498 g/mol. The summed E-state index contributed by atoms with van der Waals surface area (Å²) in [6, 6.07) is 7.26. The lowest BCUT2D eigenvalue weighted by Gasteiger charge is -2.14. The summed E-state index contributed by atoms with van der Waals surface area (Å²) in [4.78, 5) is 4.19. The zero-order valence-electron chi connectivity index (χ0n) is 16.8. The van der Waals surface area contributed by atoms with Crippen molar-refractivity contribution in [1.29, 1.82) is 0 Å². The van der Waals surface area contributed by atoms with Crippen LogP contribution in [0.2, 0.25) is 0 Å². The van der Waals surface area contributed by atoms with Crippen LogP contribution < -0.4 is 10.6 Å². The summed E-state index contributed by atoms with van der Waals surface area (Å²) in [5.41, 5.74) is 1.71. The van der Waals surface area contributed by atoms with Crippen LogP contribution in [0.4, 0.5) is 13.2 Å². The maximum absolute atomic E-state index is 12.1. The van der Waals surface area contributed by atoms with Crippen molar-refractivity contribution in [2.24, 2.45) is 4.99 Å². The third-order valence-electron chi connectivity index (χ3n) is 4.51. The second-order valence-corrected chi connectivity index (χ2v) is 6.91. The van der Waals surface area contributed by atoms with Crippen molar-refractivity contribution in [2.45, 2.75) is 57.5 Å². The Kier molecular flexibility index (Phi) is 12.6. The number of alkyl halides is 3. The molecule has 1 saturated carbocycles. The molecule has 1 aromatic carbocycles. The Morgan fingerprint density at radius 3 is 2.38 bits per heavy atom. The molecule has 0 aromatic heterocycles. The summed E-state index contributed by atoms with van der Waals surface area (Å²) in [6.07, 6.45) is 1.99. The van der Waals surface area contributed by atoms with Crippen molar-refractivity contribution in [3.8, 4) is 0 Å². The molecule has 1 aromatic rings. The topological polar surface area (TPSA) is 54.9 Å². The molecule has 1 aliphatic rings. The van der Waals surface area contributed by atoms with Crippen LogP contribution in [0, 0.1) is 0 Å². The highest BCUT2D eigenvalue weighted by Gasteiger charge is 2.27. The standard InChI is InChI=1S/C20H30F3N3O2.HI/c1-24-19(25-11-4-12-28-18-5-2-3-6-18)26-13-16-7-9-17(10-8-16)14-27-15-20(21,22)23;/h7-10,18H,2-6,11-15H2,1H3,(H2,24,25,26);1H. The summed E-state index contributed by atoms with van der Waals surface area (Å²) >= 11 is 0. The molecule has 9 heteroatoms. The Morgan fingerprint density at radius 2 is 1.76 bits per heavy atom. The van der Waals surface area contributed by atoms with Crippen LogP contribution in [0.15, 0.2) is 29.3 Å². The number of guanidine groups is 1. The fourth-order valence-corrected chi connectivity index (χ4v) is 3.03. The van der Waals surface area contributed by atoms with Crippen LogP contribution in [-0.2, 0) is 22.6 Å². The normalized spacial score (nSPS) is 15.2. The van der Waals surface area contributed by atoms with Crippen LogP contribution in [0.3, 0.4) is 0 Å². The second kappa shape index (κ2) is 14.0. The first kappa shape index (κ1) is 26.0. The smallest absolute Gasteiger partial charge is 0.378 e. The quantitative estimate of drug-likeness (QED) is 0.204. The highest BCUT2D eigenvalue weighted by Crippen LogP contribution is 2.20. The van der Waals surface area contributed by atoms with Gasteiger partial charge in [-0.25, -0.2) is 0 Å². The van der Waals surface area contributed by atoms with E-state index in [4.69, 9.17) is 4.74 Å². The van der Waals surface area contributed by atoms with Crippen LogP contribution in [0.5, 0.6) is 0 Å². The lowest BCUT2D eigenvalue weighted by Crippen LogP contribution is -2.37. The Balaban J connectivity index is 0.00000420. The van der Waals surface area contributed by atoms with E-state index in [2.05, 4.69) is 20.4 Å². The molecule has 2 N–H and O–H groups in total. The van der Waals surface area contributed by atoms with Crippen LogP contribution in [0.25, 0.3) is 0 Å². The molecule has 0 heterocycles. The predicted molar refractivity (Wildman–Crippen MR) is 119 cm³/mol. The number of rotatable bonds is 10. The monoisotopic (exact) mass is 529 g/mol. The largest absolute Gasteiger partial charge is 0.411 e. The number of ether oxygens (including phenoxy) is 2. The van der Waals surface area contributed by atoms with Gasteiger partial charge in [0.1, 0.15) is 6.61 Å². The number of hydrogen-bond acceptors (Lipinski definition) is 3. The Hall–Kier alpha value is -1.07. The van der Waals surface area contributed by atoms with Crippen molar-refractivity contribution in [2.75, 3.05) is 26.8 Å². The molecule has 1 aliphatic carbocycles. The van der Waals surface area contributed by atoms with Crippen LogP contribution in [-0.4, -0.2) is 45.0 Å². The van der Waals surface area contributed by atoms with E-state index in [0.717, 1.165) is 25.1 Å². The minimum Gasteiger partial charge on any atom is -0.378 e. The number of nitrogens with zero attached hydrogens (tertiary/aromatic N) is 1. The lowest BCUT2D eigenvalue weighted by molar-refractivity contribution is -0.176. The van der Waals surface area contributed by atoms with E-state index in [1.54, 1.807) is 19.2 Å². The van der Waals surface area contributed by atoms with E-state index in [0.29, 0.717) is 24.2 Å². The molecular formula is C20H31F3IN3O2. The van der Waals surface area contributed by atoms with Gasteiger partial charge in [-0.1, -0.05) is 37.1 Å². The molecule has 0 bridgehead atoms. The first-order valence-electron chi connectivity index (χ1n) is 9.75. The molecule has 2 rings (SSSR count). The van der Waals surface area contributed by atoms with E-state index in [-0.39, 0.29) is 30.6 Å².